The van der Waals surface area contributed by atoms with Gasteiger partial charge in [-0.1, -0.05) is 12.1 Å². The van der Waals surface area contributed by atoms with Gasteiger partial charge in [-0.25, -0.2) is 0 Å². The molecule has 1 aromatic carbocycles. The van der Waals surface area contributed by atoms with Gasteiger partial charge in [0.2, 0.25) is 0 Å². The molecule has 1 aliphatic carbocycles. The summed E-state index contributed by atoms with van der Waals surface area (Å²) in [6.45, 7) is 2.39. The number of aliphatic imine (C=N–C) groups is 1. The van der Waals surface area contributed by atoms with E-state index in [9.17, 15) is 0 Å². The number of para-hydroxylation sites is 1. The van der Waals surface area contributed by atoms with Crippen LogP contribution in [-0.2, 0) is 11.3 Å². The van der Waals surface area contributed by atoms with Crippen LogP contribution in [0.1, 0.15) is 50.5 Å². The van der Waals surface area contributed by atoms with E-state index in [1.54, 1.807) is 14.2 Å². The van der Waals surface area contributed by atoms with Gasteiger partial charge in [0.1, 0.15) is 0 Å². The maximum absolute atomic E-state index is 6.30. The van der Waals surface area contributed by atoms with Crippen LogP contribution in [0.25, 0.3) is 0 Å². The fourth-order valence-electron chi connectivity index (χ4n) is 3.79. The highest BCUT2D eigenvalue weighted by molar-refractivity contribution is 5.79. The summed E-state index contributed by atoms with van der Waals surface area (Å²) in [5.74, 6) is 2.44. The molecule has 0 aromatic heterocycles. The monoisotopic (exact) mass is 375 g/mol. The summed E-state index contributed by atoms with van der Waals surface area (Å²) in [6, 6.07) is 6.05. The zero-order valence-corrected chi connectivity index (χ0v) is 16.6. The summed E-state index contributed by atoms with van der Waals surface area (Å²) < 4.78 is 17.5. The fraction of sp³-hybridized carbons (Fsp3) is 0.667. The molecule has 1 atom stereocenters. The molecule has 150 valence electrons. The van der Waals surface area contributed by atoms with Crippen LogP contribution in [-0.4, -0.2) is 45.5 Å². The van der Waals surface area contributed by atoms with Crippen LogP contribution in [0.4, 0.5) is 0 Å². The van der Waals surface area contributed by atoms with Gasteiger partial charge in [0.15, 0.2) is 17.5 Å². The molecular formula is C21H33N3O3. The molecule has 1 saturated heterocycles. The Morgan fingerprint density at radius 2 is 2.04 bits per heavy atom. The van der Waals surface area contributed by atoms with Crippen molar-refractivity contribution in [1.29, 1.82) is 0 Å². The molecule has 1 saturated carbocycles. The summed E-state index contributed by atoms with van der Waals surface area (Å²) >= 11 is 0. The maximum atomic E-state index is 6.30. The predicted molar refractivity (Wildman–Crippen MR) is 108 cm³/mol. The van der Waals surface area contributed by atoms with Crippen molar-refractivity contribution < 1.29 is 14.2 Å². The van der Waals surface area contributed by atoms with Crippen LogP contribution in [0.3, 0.4) is 0 Å². The van der Waals surface area contributed by atoms with Crippen molar-refractivity contribution in [3.8, 4) is 11.5 Å². The molecule has 1 aromatic rings. The van der Waals surface area contributed by atoms with E-state index in [2.05, 4.69) is 21.7 Å². The van der Waals surface area contributed by atoms with Crippen LogP contribution in [0.5, 0.6) is 11.5 Å². The van der Waals surface area contributed by atoms with Gasteiger partial charge in [0.05, 0.1) is 19.3 Å². The molecule has 0 radical (unpaired) electrons. The fourth-order valence-corrected chi connectivity index (χ4v) is 3.79. The largest absolute Gasteiger partial charge is 0.493 e. The smallest absolute Gasteiger partial charge is 0.191 e. The molecule has 0 spiro atoms. The summed E-state index contributed by atoms with van der Waals surface area (Å²) in [7, 11) is 3.49. The number of benzene rings is 1. The Kier molecular flexibility index (Phi) is 7.63. The lowest BCUT2D eigenvalue weighted by molar-refractivity contribution is 0.105. The lowest BCUT2D eigenvalue weighted by Gasteiger charge is -2.20. The van der Waals surface area contributed by atoms with Crippen LogP contribution in [0, 0.1) is 0 Å². The van der Waals surface area contributed by atoms with Gasteiger partial charge in [0.25, 0.3) is 0 Å². The minimum atomic E-state index is 0.295. The van der Waals surface area contributed by atoms with E-state index in [0.717, 1.165) is 55.4 Å². The highest BCUT2D eigenvalue weighted by Crippen LogP contribution is 2.34. The first-order valence-corrected chi connectivity index (χ1v) is 10.2. The van der Waals surface area contributed by atoms with Gasteiger partial charge >= 0.3 is 0 Å². The van der Waals surface area contributed by atoms with Crippen molar-refractivity contribution in [1.82, 2.24) is 10.6 Å². The molecule has 0 bridgehead atoms. The van der Waals surface area contributed by atoms with Crippen LogP contribution < -0.4 is 20.1 Å². The number of hydrogen-bond acceptors (Lipinski definition) is 4. The number of ether oxygens (including phenoxy) is 3. The van der Waals surface area contributed by atoms with Crippen molar-refractivity contribution >= 4 is 5.96 Å². The quantitative estimate of drug-likeness (QED) is 0.539. The maximum Gasteiger partial charge on any atom is 0.191 e. The first-order valence-electron chi connectivity index (χ1n) is 10.2. The topological polar surface area (TPSA) is 64.1 Å². The van der Waals surface area contributed by atoms with Crippen LogP contribution in [0.15, 0.2) is 23.2 Å². The van der Waals surface area contributed by atoms with Crippen LogP contribution in [0.2, 0.25) is 0 Å². The molecule has 27 heavy (non-hydrogen) atoms. The number of nitrogens with one attached hydrogen (secondary N) is 2. The summed E-state index contributed by atoms with van der Waals surface area (Å²) in [5.41, 5.74) is 1.09. The molecule has 1 aliphatic heterocycles. The highest BCUT2D eigenvalue weighted by Gasteiger charge is 2.20. The third-order valence-corrected chi connectivity index (χ3v) is 5.32. The molecule has 1 heterocycles. The summed E-state index contributed by atoms with van der Waals surface area (Å²) in [6.07, 6.45) is 8.77. The SMILES string of the molecule is CN=C(NCCC1CCCO1)NCc1cccc(OC)c1OC1CCCC1. The standard InChI is InChI=1S/C21H33N3O3/c1-22-21(23-13-12-17-10-6-14-26-17)24-15-16-7-5-11-19(25-2)20(16)27-18-8-3-4-9-18/h5,7,11,17-18H,3-4,6,8-10,12-15H2,1-2H3,(H2,22,23,24). The second-order valence-electron chi connectivity index (χ2n) is 7.25. The molecule has 2 fully saturated rings. The zero-order chi connectivity index (χ0) is 18.9. The third-order valence-electron chi connectivity index (χ3n) is 5.32. The average Bonchev–Trinajstić information content (AvgIpc) is 3.39. The van der Waals surface area contributed by atoms with Gasteiger partial charge in [0, 0.05) is 32.3 Å². The Hall–Kier alpha value is -1.95. The average molecular weight is 376 g/mol. The van der Waals surface area contributed by atoms with E-state index in [1.807, 2.05) is 12.1 Å². The Labute approximate surface area is 162 Å². The Morgan fingerprint density at radius 1 is 1.19 bits per heavy atom. The molecule has 2 N–H and O–H groups in total. The summed E-state index contributed by atoms with van der Waals surface area (Å²) in [5, 5.41) is 6.76. The number of hydrogen-bond donors (Lipinski definition) is 2. The number of nitrogens with zero attached hydrogens (tertiary/aromatic N) is 1. The second kappa shape index (κ2) is 10.4. The molecule has 0 amide bonds. The number of rotatable bonds is 8. The highest BCUT2D eigenvalue weighted by atomic mass is 16.5. The Bertz CT molecular complexity index is 609. The number of methoxy groups -OCH3 is 1. The van der Waals surface area contributed by atoms with Crippen molar-refractivity contribution in [3.63, 3.8) is 0 Å². The van der Waals surface area contributed by atoms with E-state index >= 15 is 0 Å². The van der Waals surface area contributed by atoms with Gasteiger partial charge in [-0.15, -0.1) is 0 Å². The van der Waals surface area contributed by atoms with Crippen molar-refractivity contribution in [3.05, 3.63) is 23.8 Å². The van der Waals surface area contributed by atoms with Crippen molar-refractivity contribution in [2.24, 2.45) is 4.99 Å². The molecule has 2 aliphatic rings. The van der Waals surface area contributed by atoms with Gasteiger partial charge < -0.3 is 24.8 Å². The minimum absolute atomic E-state index is 0.295. The van der Waals surface area contributed by atoms with Crippen molar-refractivity contribution in [2.75, 3.05) is 27.3 Å². The Balaban J connectivity index is 1.54. The van der Waals surface area contributed by atoms with E-state index in [0.29, 0.717) is 18.8 Å². The van der Waals surface area contributed by atoms with Crippen LogP contribution >= 0.6 is 0 Å². The van der Waals surface area contributed by atoms with Gasteiger partial charge in [-0.05, 0) is 51.0 Å². The normalized spacial score (nSPS) is 20.7. The van der Waals surface area contributed by atoms with E-state index < -0.39 is 0 Å². The van der Waals surface area contributed by atoms with E-state index in [1.165, 1.54) is 25.7 Å². The molecule has 6 heteroatoms. The van der Waals surface area contributed by atoms with E-state index in [4.69, 9.17) is 14.2 Å². The zero-order valence-electron chi connectivity index (χ0n) is 16.6. The first kappa shape index (κ1) is 19.8. The minimum Gasteiger partial charge on any atom is -0.493 e. The van der Waals surface area contributed by atoms with Gasteiger partial charge in [-0.3, -0.25) is 4.99 Å². The van der Waals surface area contributed by atoms with E-state index in [-0.39, 0.29) is 0 Å². The Morgan fingerprint density at radius 3 is 2.74 bits per heavy atom. The lowest BCUT2D eigenvalue weighted by atomic mass is 10.1. The summed E-state index contributed by atoms with van der Waals surface area (Å²) in [4.78, 5) is 4.32. The molecular weight excluding hydrogens is 342 g/mol. The number of guanidine groups is 1. The lowest BCUT2D eigenvalue weighted by Crippen LogP contribution is -2.38. The third kappa shape index (κ3) is 5.76. The molecule has 3 rings (SSSR count). The van der Waals surface area contributed by atoms with Gasteiger partial charge in [-0.2, -0.15) is 0 Å². The molecule has 6 nitrogen and oxygen atoms in total. The van der Waals surface area contributed by atoms with Crippen molar-refractivity contribution in [2.45, 2.75) is 63.7 Å². The predicted octanol–water partition coefficient (Wildman–Crippen LogP) is 3.25. The molecule has 1 unspecified atom stereocenters. The first-order chi connectivity index (χ1) is 13.3. The second-order valence-corrected chi connectivity index (χ2v) is 7.25.